The molecule has 1 saturated carbocycles. The summed E-state index contributed by atoms with van der Waals surface area (Å²) in [6, 6.07) is 7.15. The van der Waals surface area contributed by atoms with E-state index in [1.807, 2.05) is 18.2 Å². The van der Waals surface area contributed by atoms with Gasteiger partial charge in [-0.25, -0.2) is 17.9 Å². The zero-order valence-corrected chi connectivity index (χ0v) is 14.0. The first kappa shape index (κ1) is 17.6. The van der Waals surface area contributed by atoms with Gasteiger partial charge in [-0.3, -0.25) is 0 Å². The molecule has 0 heterocycles. The van der Waals surface area contributed by atoms with E-state index >= 15 is 0 Å². The fourth-order valence-electron chi connectivity index (χ4n) is 3.15. The monoisotopic (exact) mass is 342 g/mol. The predicted octanol–water partition coefficient (Wildman–Crippen LogP) is 1.65. The minimum atomic E-state index is -3.42. The van der Waals surface area contributed by atoms with Gasteiger partial charge in [0.05, 0.1) is 18.9 Å². The fraction of sp³-hybridized carbons (Fsp3) is 0.533. The quantitative estimate of drug-likeness (QED) is 0.755. The van der Waals surface area contributed by atoms with Gasteiger partial charge in [-0.1, -0.05) is 12.1 Å². The molecule has 1 aromatic rings. The molecule has 1 aromatic carbocycles. The highest BCUT2D eigenvalue weighted by Gasteiger charge is 2.39. The van der Waals surface area contributed by atoms with Crippen molar-refractivity contribution in [1.29, 1.82) is 0 Å². The summed E-state index contributed by atoms with van der Waals surface area (Å²) in [4.78, 5) is 10.8. The van der Waals surface area contributed by atoms with E-state index in [1.165, 1.54) is 0 Å². The molecular weight excluding hydrogens is 320 g/mol. The lowest BCUT2D eigenvalue weighted by Gasteiger charge is -2.40. The number of carboxylic acid groups (broad SMARTS) is 1. The minimum absolute atomic E-state index is 0.160. The summed E-state index contributed by atoms with van der Waals surface area (Å²) in [5, 5.41) is 11.3. The van der Waals surface area contributed by atoms with E-state index in [4.69, 9.17) is 9.84 Å². The van der Waals surface area contributed by atoms with Gasteiger partial charge in [-0.05, 0) is 43.4 Å². The maximum Gasteiger partial charge on any atom is 0.404 e. The third kappa shape index (κ3) is 4.59. The second kappa shape index (κ2) is 6.76. The Bertz CT molecular complexity index is 666. The van der Waals surface area contributed by atoms with Crippen LogP contribution >= 0.6 is 0 Å². The number of methoxy groups -OCH3 is 1. The van der Waals surface area contributed by atoms with Crippen LogP contribution in [0.1, 0.15) is 31.2 Å². The number of rotatable bonds is 5. The average molecular weight is 342 g/mol. The summed E-state index contributed by atoms with van der Waals surface area (Å²) in [6.45, 7) is 0. The van der Waals surface area contributed by atoms with Crippen LogP contribution in [-0.4, -0.2) is 39.0 Å². The highest BCUT2D eigenvalue weighted by molar-refractivity contribution is 7.88. The second-order valence-electron chi connectivity index (χ2n) is 5.91. The second-order valence-corrected chi connectivity index (χ2v) is 7.66. The lowest BCUT2D eigenvalue weighted by atomic mass is 9.75. The van der Waals surface area contributed by atoms with Crippen molar-refractivity contribution in [1.82, 2.24) is 10.0 Å². The van der Waals surface area contributed by atoms with Crippen LogP contribution in [0.3, 0.4) is 0 Å². The Morgan fingerprint density at radius 2 is 2.00 bits per heavy atom. The zero-order valence-electron chi connectivity index (χ0n) is 13.2. The van der Waals surface area contributed by atoms with Crippen molar-refractivity contribution >= 4 is 16.1 Å². The topological polar surface area (TPSA) is 105 Å². The molecule has 2 rings (SSSR count). The number of benzene rings is 1. The maximum atomic E-state index is 11.8. The van der Waals surface area contributed by atoms with Crippen molar-refractivity contribution < 1.29 is 23.1 Å². The smallest absolute Gasteiger partial charge is 0.404 e. The summed E-state index contributed by atoms with van der Waals surface area (Å²) in [7, 11) is -1.86. The van der Waals surface area contributed by atoms with Gasteiger partial charge in [-0.2, -0.15) is 0 Å². The van der Waals surface area contributed by atoms with Gasteiger partial charge in [0.2, 0.25) is 10.0 Å². The third-order valence-electron chi connectivity index (χ3n) is 4.17. The van der Waals surface area contributed by atoms with E-state index in [0.717, 1.165) is 11.8 Å². The summed E-state index contributed by atoms with van der Waals surface area (Å²) < 4.78 is 31.7. The first-order chi connectivity index (χ1) is 10.7. The number of sulfonamides is 1. The van der Waals surface area contributed by atoms with E-state index in [-0.39, 0.29) is 6.04 Å². The molecule has 1 aliphatic rings. The Morgan fingerprint density at radius 3 is 2.52 bits per heavy atom. The van der Waals surface area contributed by atoms with Gasteiger partial charge >= 0.3 is 6.09 Å². The molecule has 3 N–H and O–H groups in total. The molecule has 0 unspecified atom stereocenters. The van der Waals surface area contributed by atoms with Crippen molar-refractivity contribution in [2.45, 2.75) is 37.3 Å². The minimum Gasteiger partial charge on any atom is -0.497 e. The van der Waals surface area contributed by atoms with Crippen LogP contribution in [0.25, 0.3) is 0 Å². The Balaban J connectivity index is 2.29. The molecule has 23 heavy (non-hydrogen) atoms. The molecule has 0 radical (unpaired) electrons. The van der Waals surface area contributed by atoms with Crippen molar-refractivity contribution in [3.63, 3.8) is 0 Å². The molecule has 128 valence electrons. The van der Waals surface area contributed by atoms with Gasteiger partial charge in [0.25, 0.3) is 0 Å². The summed E-state index contributed by atoms with van der Waals surface area (Å²) in [5.41, 5.74) is 0.0924. The highest BCUT2D eigenvalue weighted by atomic mass is 32.2. The Morgan fingerprint density at radius 1 is 1.35 bits per heavy atom. The molecule has 0 atom stereocenters. The fourth-order valence-corrected chi connectivity index (χ4v) is 4.19. The highest BCUT2D eigenvalue weighted by Crippen LogP contribution is 2.39. The summed E-state index contributed by atoms with van der Waals surface area (Å²) >= 11 is 0. The Hall–Kier alpha value is -1.80. The molecule has 1 amide bonds. The summed E-state index contributed by atoms with van der Waals surface area (Å²) in [5.74, 6) is 0.656. The zero-order chi connectivity index (χ0) is 17.1. The SMILES string of the molecule is COc1cccc([C@]2(NS(C)(=O)=O)CC[C@@H](NC(=O)O)CC2)c1. The molecule has 0 spiro atoms. The molecule has 0 aliphatic heterocycles. The molecule has 0 bridgehead atoms. The Kier molecular flexibility index (Phi) is 5.16. The lowest BCUT2D eigenvalue weighted by Crippen LogP contribution is -2.50. The van der Waals surface area contributed by atoms with Crippen LogP contribution in [0.4, 0.5) is 4.79 Å². The van der Waals surface area contributed by atoms with E-state index in [2.05, 4.69) is 10.0 Å². The van der Waals surface area contributed by atoms with Gasteiger partial charge in [0, 0.05) is 6.04 Å². The molecular formula is C15H22N2O5S. The van der Waals surface area contributed by atoms with Crippen molar-refractivity contribution in [2.24, 2.45) is 0 Å². The van der Waals surface area contributed by atoms with Crippen molar-refractivity contribution in [3.05, 3.63) is 29.8 Å². The van der Waals surface area contributed by atoms with Crippen LogP contribution < -0.4 is 14.8 Å². The predicted molar refractivity (Wildman–Crippen MR) is 86.1 cm³/mol. The van der Waals surface area contributed by atoms with Crippen molar-refractivity contribution in [2.75, 3.05) is 13.4 Å². The first-order valence-corrected chi connectivity index (χ1v) is 9.26. The van der Waals surface area contributed by atoms with Crippen LogP contribution in [0, 0.1) is 0 Å². The van der Waals surface area contributed by atoms with E-state index in [0.29, 0.717) is 31.4 Å². The molecule has 8 heteroatoms. The summed E-state index contributed by atoms with van der Waals surface area (Å²) in [6.07, 6.45) is 2.23. The number of hydrogen-bond acceptors (Lipinski definition) is 4. The lowest BCUT2D eigenvalue weighted by molar-refractivity contribution is 0.175. The van der Waals surface area contributed by atoms with Gasteiger partial charge in [0.1, 0.15) is 5.75 Å². The van der Waals surface area contributed by atoms with Crippen molar-refractivity contribution in [3.8, 4) is 5.75 Å². The van der Waals surface area contributed by atoms with Crippen LogP contribution in [0.2, 0.25) is 0 Å². The third-order valence-corrected chi connectivity index (χ3v) is 4.93. The number of nitrogens with one attached hydrogen (secondary N) is 2. The van der Waals surface area contributed by atoms with Gasteiger partial charge in [-0.15, -0.1) is 0 Å². The normalized spacial score (nSPS) is 24.9. The number of ether oxygens (including phenoxy) is 1. The van der Waals surface area contributed by atoms with Crippen LogP contribution in [0.15, 0.2) is 24.3 Å². The molecule has 0 saturated heterocycles. The Labute approximate surface area is 136 Å². The van der Waals surface area contributed by atoms with E-state index in [1.54, 1.807) is 13.2 Å². The molecule has 7 nitrogen and oxygen atoms in total. The number of carbonyl (C=O) groups is 1. The number of hydrogen-bond donors (Lipinski definition) is 3. The van der Waals surface area contributed by atoms with Gasteiger partial charge < -0.3 is 15.2 Å². The molecule has 1 aliphatic carbocycles. The standard InChI is InChI=1S/C15H22N2O5S/c1-22-13-5-3-4-11(10-13)15(17-23(2,20)21)8-6-12(7-9-15)16-14(18)19/h3-5,10,12,16-17H,6-9H2,1-2H3,(H,18,19)/t12-,15+. The van der Waals surface area contributed by atoms with E-state index < -0.39 is 21.7 Å². The molecule has 1 fully saturated rings. The average Bonchev–Trinajstić information content (AvgIpc) is 2.47. The van der Waals surface area contributed by atoms with Gasteiger partial charge in [0.15, 0.2) is 0 Å². The van der Waals surface area contributed by atoms with Crippen LogP contribution in [0.5, 0.6) is 5.75 Å². The maximum absolute atomic E-state index is 11.8. The molecule has 0 aromatic heterocycles. The van der Waals surface area contributed by atoms with Crippen LogP contribution in [-0.2, 0) is 15.6 Å². The van der Waals surface area contributed by atoms with E-state index in [9.17, 15) is 13.2 Å². The largest absolute Gasteiger partial charge is 0.497 e. The number of amides is 1. The first-order valence-electron chi connectivity index (χ1n) is 7.37.